The molecule has 1 aliphatic carbocycles. The first-order chi connectivity index (χ1) is 15.4. The summed E-state index contributed by atoms with van der Waals surface area (Å²) in [6.07, 6.45) is 5.28. The number of hydrogen-bond acceptors (Lipinski definition) is 6. The minimum Gasteiger partial charge on any atom is -0.388 e. The van der Waals surface area contributed by atoms with E-state index >= 15 is 0 Å². The molecule has 9 heteroatoms. The first-order valence-electron chi connectivity index (χ1n) is 10.9. The Labute approximate surface area is 187 Å². The predicted octanol–water partition coefficient (Wildman–Crippen LogP) is 1.54. The molecule has 1 aromatic heterocycles. The molecule has 9 nitrogen and oxygen atoms in total. The van der Waals surface area contributed by atoms with Crippen molar-refractivity contribution in [1.82, 2.24) is 14.9 Å². The van der Waals surface area contributed by atoms with Crippen molar-refractivity contribution < 1.29 is 9.53 Å². The summed E-state index contributed by atoms with van der Waals surface area (Å²) >= 11 is 0. The SMILES string of the molecule is Cc1cnc(NCC2(c3ccccc3)CCC2)c(=O)n1CC(=O)NCCOCCC(=N)N. The number of amides is 1. The fourth-order valence-corrected chi connectivity index (χ4v) is 3.85. The van der Waals surface area contributed by atoms with Crippen molar-refractivity contribution in [2.45, 2.75) is 44.6 Å². The van der Waals surface area contributed by atoms with Gasteiger partial charge in [0.05, 0.1) is 19.0 Å². The van der Waals surface area contributed by atoms with Gasteiger partial charge in [-0.1, -0.05) is 36.8 Å². The molecule has 0 aliphatic heterocycles. The molecule has 0 atom stereocenters. The van der Waals surface area contributed by atoms with Crippen molar-refractivity contribution in [3.63, 3.8) is 0 Å². The molecule has 1 aliphatic rings. The van der Waals surface area contributed by atoms with Crippen molar-refractivity contribution in [2.75, 3.05) is 31.6 Å². The second kappa shape index (κ2) is 10.9. The van der Waals surface area contributed by atoms with Crippen LogP contribution in [0, 0.1) is 12.3 Å². The molecule has 1 amide bonds. The van der Waals surface area contributed by atoms with Crippen LogP contribution in [0.15, 0.2) is 41.3 Å². The van der Waals surface area contributed by atoms with E-state index in [1.807, 2.05) is 18.2 Å². The van der Waals surface area contributed by atoms with E-state index in [2.05, 4.69) is 27.8 Å². The Hall–Kier alpha value is -3.20. The van der Waals surface area contributed by atoms with E-state index in [1.165, 1.54) is 16.6 Å². The van der Waals surface area contributed by atoms with Crippen molar-refractivity contribution >= 4 is 17.6 Å². The molecular formula is C23H32N6O3. The lowest BCUT2D eigenvalue weighted by Gasteiger charge is -2.42. The van der Waals surface area contributed by atoms with E-state index in [1.54, 1.807) is 13.1 Å². The van der Waals surface area contributed by atoms with Crippen LogP contribution in [0.3, 0.4) is 0 Å². The summed E-state index contributed by atoms with van der Waals surface area (Å²) in [7, 11) is 0. The van der Waals surface area contributed by atoms with E-state index in [4.69, 9.17) is 15.9 Å². The number of benzene rings is 1. The molecule has 172 valence electrons. The van der Waals surface area contributed by atoms with E-state index in [0.29, 0.717) is 38.4 Å². The number of carbonyl (C=O) groups excluding carboxylic acids is 1. The smallest absolute Gasteiger partial charge is 0.293 e. The van der Waals surface area contributed by atoms with Crippen LogP contribution in [-0.2, 0) is 21.5 Å². The quantitative estimate of drug-likeness (QED) is 0.225. The fourth-order valence-electron chi connectivity index (χ4n) is 3.85. The molecule has 1 heterocycles. The van der Waals surface area contributed by atoms with Gasteiger partial charge in [-0.15, -0.1) is 0 Å². The first kappa shape index (κ1) is 23.5. The predicted molar refractivity (Wildman–Crippen MR) is 124 cm³/mol. The van der Waals surface area contributed by atoms with Gasteiger partial charge in [0, 0.05) is 36.8 Å². The van der Waals surface area contributed by atoms with Gasteiger partial charge in [0.1, 0.15) is 6.54 Å². The summed E-state index contributed by atoms with van der Waals surface area (Å²) in [5.41, 5.74) is 6.87. The number of nitrogens with two attached hydrogens (primary N) is 1. The van der Waals surface area contributed by atoms with Gasteiger partial charge >= 0.3 is 0 Å². The maximum atomic E-state index is 13.0. The van der Waals surface area contributed by atoms with Crippen molar-refractivity contribution in [3.05, 3.63) is 58.1 Å². The molecule has 0 radical (unpaired) electrons. The van der Waals surface area contributed by atoms with Gasteiger partial charge in [-0.05, 0) is 25.3 Å². The summed E-state index contributed by atoms with van der Waals surface area (Å²) in [4.78, 5) is 29.6. The van der Waals surface area contributed by atoms with Gasteiger partial charge in [0.15, 0.2) is 5.82 Å². The number of anilines is 1. The molecule has 0 saturated heterocycles. The summed E-state index contributed by atoms with van der Waals surface area (Å²) in [6, 6.07) is 10.4. The van der Waals surface area contributed by atoms with E-state index in [9.17, 15) is 9.59 Å². The molecule has 0 unspecified atom stereocenters. The Morgan fingerprint density at radius 2 is 2.03 bits per heavy atom. The van der Waals surface area contributed by atoms with Crippen molar-refractivity contribution in [1.29, 1.82) is 5.41 Å². The lowest BCUT2D eigenvalue weighted by atomic mass is 9.64. The number of rotatable bonds is 12. The van der Waals surface area contributed by atoms with Gasteiger partial charge < -0.3 is 21.1 Å². The molecule has 5 N–H and O–H groups in total. The third kappa shape index (κ3) is 5.94. The zero-order valence-corrected chi connectivity index (χ0v) is 18.5. The van der Waals surface area contributed by atoms with Crippen LogP contribution in [-0.4, -0.2) is 47.6 Å². The summed E-state index contributed by atoms with van der Waals surface area (Å²) < 4.78 is 6.73. The highest BCUT2D eigenvalue weighted by Gasteiger charge is 2.38. The van der Waals surface area contributed by atoms with Gasteiger partial charge in [0.25, 0.3) is 5.56 Å². The van der Waals surface area contributed by atoms with Crippen LogP contribution >= 0.6 is 0 Å². The molecule has 0 spiro atoms. The second-order valence-electron chi connectivity index (χ2n) is 8.23. The Morgan fingerprint density at radius 3 is 2.69 bits per heavy atom. The minimum atomic E-state index is -0.305. The highest BCUT2D eigenvalue weighted by molar-refractivity contribution is 5.77. The van der Waals surface area contributed by atoms with Crippen LogP contribution in [0.25, 0.3) is 0 Å². The second-order valence-corrected chi connectivity index (χ2v) is 8.23. The van der Waals surface area contributed by atoms with Gasteiger partial charge in [0.2, 0.25) is 5.91 Å². The topological polar surface area (TPSA) is 135 Å². The monoisotopic (exact) mass is 440 g/mol. The average Bonchev–Trinajstić information content (AvgIpc) is 2.74. The third-order valence-electron chi connectivity index (χ3n) is 5.93. The third-order valence-corrected chi connectivity index (χ3v) is 5.93. The standard InChI is InChI=1S/C23H32N6O3/c1-17-14-27-21(28-16-23(9-5-10-23)18-6-3-2-4-7-18)22(31)29(17)15-20(30)26-11-13-32-12-8-19(24)25/h2-4,6-7,14H,5,8-13,15-16H2,1H3,(H3,24,25)(H,26,30)(H,27,28). The van der Waals surface area contributed by atoms with Gasteiger partial charge in [-0.3, -0.25) is 19.6 Å². The van der Waals surface area contributed by atoms with Crippen LogP contribution in [0.2, 0.25) is 0 Å². The molecule has 3 rings (SSSR count). The number of nitrogens with one attached hydrogen (secondary N) is 3. The average molecular weight is 441 g/mol. The van der Waals surface area contributed by atoms with E-state index in [0.717, 1.165) is 12.8 Å². The Bertz CT molecular complexity index is 985. The van der Waals surface area contributed by atoms with Crippen molar-refractivity contribution in [3.8, 4) is 0 Å². The molecule has 1 fully saturated rings. The van der Waals surface area contributed by atoms with Crippen LogP contribution in [0.1, 0.15) is 36.9 Å². The maximum absolute atomic E-state index is 13.0. The number of nitrogens with zero attached hydrogens (tertiary/aromatic N) is 2. The van der Waals surface area contributed by atoms with Crippen molar-refractivity contribution in [2.24, 2.45) is 5.73 Å². The molecule has 1 aromatic carbocycles. The fraction of sp³-hybridized carbons (Fsp3) is 0.478. The number of hydrogen-bond donors (Lipinski definition) is 4. The summed E-state index contributed by atoms with van der Waals surface area (Å²) in [5, 5.41) is 13.1. The number of amidine groups is 1. The zero-order valence-electron chi connectivity index (χ0n) is 18.5. The van der Waals surface area contributed by atoms with Crippen LogP contribution < -0.4 is 21.9 Å². The lowest BCUT2D eigenvalue weighted by Crippen LogP contribution is -2.42. The van der Waals surface area contributed by atoms with E-state index < -0.39 is 0 Å². The van der Waals surface area contributed by atoms with Gasteiger partial charge in [-0.2, -0.15) is 0 Å². The number of ether oxygens (including phenoxy) is 1. The Morgan fingerprint density at radius 1 is 1.28 bits per heavy atom. The number of aromatic nitrogens is 2. The summed E-state index contributed by atoms with van der Waals surface area (Å²) in [5.74, 6) is 0.0541. The molecule has 0 bridgehead atoms. The van der Waals surface area contributed by atoms with Gasteiger partial charge in [-0.25, -0.2) is 4.98 Å². The maximum Gasteiger partial charge on any atom is 0.293 e. The largest absolute Gasteiger partial charge is 0.388 e. The minimum absolute atomic E-state index is 0.0187. The molecular weight excluding hydrogens is 408 g/mol. The molecule has 2 aromatic rings. The highest BCUT2D eigenvalue weighted by Crippen LogP contribution is 2.43. The number of aryl methyl sites for hydroxylation is 1. The highest BCUT2D eigenvalue weighted by atomic mass is 16.5. The van der Waals surface area contributed by atoms with E-state index in [-0.39, 0.29) is 35.1 Å². The molecule has 1 saturated carbocycles. The van der Waals surface area contributed by atoms with Crippen LogP contribution in [0.4, 0.5) is 5.82 Å². The Kier molecular flexibility index (Phi) is 7.99. The molecule has 32 heavy (non-hydrogen) atoms. The van der Waals surface area contributed by atoms with Crippen LogP contribution in [0.5, 0.6) is 0 Å². The number of carbonyl (C=O) groups is 1. The Balaban J connectivity index is 1.56. The normalized spacial score (nSPS) is 14.4. The zero-order chi connectivity index (χ0) is 23.0. The first-order valence-corrected chi connectivity index (χ1v) is 10.9. The summed E-state index contributed by atoms with van der Waals surface area (Å²) in [6.45, 7) is 3.28. The lowest BCUT2D eigenvalue weighted by molar-refractivity contribution is -0.122.